The van der Waals surface area contributed by atoms with Gasteiger partial charge in [0.15, 0.2) is 0 Å². The zero-order valence-electron chi connectivity index (χ0n) is 17.2. The number of rotatable bonds is 5. The average molecular weight is 406 g/mol. The molecule has 1 atom stereocenters. The Morgan fingerprint density at radius 2 is 1.73 bits per heavy atom. The summed E-state index contributed by atoms with van der Waals surface area (Å²) >= 11 is 0. The second kappa shape index (κ2) is 8.49. The Morgan fingerprint density at radius 3 is 2.40 bits per heavy atom. The van der Waals surface area contributed by atoms with Crippen molar-refractivity contribution in [2.75, 3.05) is 38.2 Å². The van der Waals surface area contributed by atoms with Crippen LogP contribution in [0, 0.1) is 0 Å². The van der Waals surface area contributed by atoms with Crippen molar-refractivity contribution in [1.29, 1.82) is 0 Å². The number of fused-ring (bicyclic) bond motifs is 1. The lowest BCUT2D eigenvalue weighted by Gasteiger charge is -2.37. The molecule has 1 saturated heterocycles. The molecule has 3 aromatic rings. The second-order valence-electron chi connectivity index (χ2n) is 7.48. The van der Waals surface area contributed by atoms with Gasteiger partial charge in [-0.3, -0.25) is 9.59 Å². The molecule has 4 rings (SSSR count). The Hall–Kier alpha value is -3.48. The Morgan fingerprint density at radius 1 is 1.03 bits per heavy atom. The van der Waals surface area contributed by atoms with Gasteiger partial charge in [-0.15, -0.1) is 0 Å². The van der Waals surface area contributed by atoms with E-state index in [9.17, 15) is 9.59 Å². The standard InChI is InChI=1S/C23H26N4O3/c1-16(24-22(28)21-15-17-5-3-4-6-20(17)25-21)23(29)27-13-11-26(12-14-27)18-7-9-19(30-2)10-8-18/h3-10,15-16,25H,11-14H2,1-2H3,(H,24,28)/t16-/m1/s1. The third kappa shape index (κ3) is 4.10. The number of nitrogens with zero attached hydrogens (tertiary/aromatic N) is 2. The largest absolute Gasteiger partial charge is 0.497 e. The molecule has 7 heteroatoms. The highest BCUT2D eigenvalue weighted by Gasteiger charge is 2.26. The summed E-state index contributed by atoms with van der Waals surface area (Å²) in [6, 6.07) is 16.9. The number of benzene rings is 2. The molecule has 0 unspecified atom stereocenters. The lowest BCUT2D eigenvalue weighted by atomic mass is 10.2. The first-order valence-electron chi connectivity index (χ1n) is 10.1. The highest BCUT2D eigenvalue weighted by Crippen LogP contribution is 2.21. The SMILES string of the molecule is COc1ccc(N2CCN(C(=O)[C@@H](C)NC(=O)c3cc4ccccc4[nH]3)CC2)cc1. The number of amides is 2. The van der Waals surface area contributed by atoms with Crippen LogP contribution in [0.1, 0.15) is 17.4 Å². The van der Waals surface area contributed by atoms with E-state index in [-0.39, 0.29) is 11.8 Å². The Labute approximate surface area is 175 Å². The van der Waals surface area contributed by atoms with Gasteiger partial charge in [0.25, 0.3) is 5.91 Å². The van der Waals surface area contributed by atoms with Crippen LogP contribution in [0.3, 0.4) is 0 Å². The zero-order chi connectivity index (χ0) is 21.1. The second-order valence-corrected chi connectivity index (χ2v) is 7.48. The number of ether oxygens (including phenoxy) is 1. The lowest BCUT2D eigenvalue weighted by molar-refractivity contribution is -0.133. The van der Waals surface area contributed by atoms with Crippen molar-refractivity contribution in [1.82, 2.24) is 15.2 Å². The summed E-state index contributed by atoms with van der Waals surface area (Å²) in [4.78, 5) is 32.6. The summed E-state index contributed by atoms with van der Waals surface area (Å²) in [5, 5.41) is 3.79. The van der Waals surface area contributed by atoms with Crippen LogP contribution in [0.5, 0.6) is 5.75 Å². The molecule has 2 heterocycles. The van der Waals surface area contributed by atoms with Crippen molar-refractivity contribution in [3.05, 3.63) is 60.3 Å². The maximum atomic E-state index is 12.8. The minimum atomic E-state index is -0.587. The molecule has 2 amide bonds. The third-order valence-electron chi connectivity index (χ3n) is 5.52. The molecule has 156 valence electrons. The topological polar surface area (TPSA) is 77.7 Å². The number of piperazine rings is 1. The molecule has 7 nitrogen and oxygen atoms in total. The summed E-state index contributed by atoms with van der Waals surface area (Å²) in [5.41, 5.74) is 2.47. The van der Waals surface area contributed by atoms with E-state index in [2.05, 4.69) is 15.2 Å². The predicted molar refractivity (Wildman–Crippen MR) is 117 cm³/mol. The van der Waals surface area contributed by atoms with E-state index >= 15 is 0 Å². The summed E-state index contributed by atoms with van der Waals surface area (Å²) in [6.45, 7) is 4.48. The fraction of sp³-hybridized carbons (Fsp3) is 0.304. The molecule has 1 fully saturated rings. The molecule has 2 N–H and O–H groups in total. The van der Waals surface area contributed by atoms with E-state index in [1.807, 2.05) is 53.4 Å². The number of carbonyl (C=O) groups excluding carboxylic acids is 2. The summed E-state index contributed by atoms with van der Waals surface area (Å²) in [7, 11) is 1.65. The van der Waals surface area contributed by atoms with Crippen LogP contribution in [0.4, 0.5) is 5.69 Å². The number of carbonyl (C=O) groups is 2. The molecule has 1 aromatic heterocycles. The summed E-state index contributed by atoms with van der Waals surface area (Å²) in [6.07, 6.45) is 0. The van der Waals surface area contributed by atoms with Crippen molar-refractivity contribution in [2.45, 2.75) is 13.0 Å². The van der Waals surface area contributed by atoms with Crippen molar-refractivity contribution in [3.8, 4) is 5.75 Å². The molecular weight excluding hydrogens is 380 g/mol. The highest BCUT2D eigenvalue weighted by atomic mass is 16.5. The summed E-state index contributed by atoms with van der Waals surface area (Å²) in [5.74, 6) is 0.491. The van der Waals surface area contributed by atoms with Crippen LogP contribution in [0.15, 0.2) is 54.6 Å². The zero-order valence-corrected chi connectivity index (χ0v) is 17.2. The van der Waals surface area contributed by atoms with Crippen LogP contribution in [0.2, 0.25) is 0 Å². The number of methoxy groups -OCH3 is 1. The minimum absolute atomic E-state index is 0.0613. The van der Waals surface area contributed by atoms with Crippen LogP contribution in [0.25, 0.3) is 10.9 Å². The van der Waals surface area contributed by atoms with E-state index in [0.717, 1.165) is 35.4 Å². The normalized spacial score (nSPS) is 15.1. The Kier molecular flexibility index (Phi) is 5.61. The summed E-state index contributed by atoms with van der Waals surface area (Å²) < 4.78 is 5.20. The van der Waals surface area contributed by atoms with E-state index in [4.69, 9.17) is 4.74 Å². The Balaban J connectivity index is 1.32. The predicted octanol–water partition coefficient (Wildman–Crippen LogP) is 2.64. The van der Waals surface area contributed by atoms with Crippen molar-refractivity contribution < 1.29 is 14.3 Å². The maximum Gasteiger partial charge on any atom is 0.268 e. The Bertz CT molecular complexity index is 1000. The molecule has 1 aliphatic rings. The molecule has 30 heavy (non-hydrogen) atoms. The van der Waals surface area contributed by atoms with Crippen molar-refractivity contribution >= 4 is 28.4 Å². The first-order chi connectivity index (χ1) is 14.5. The van der Waals surface area contributed by atoms with Gasteiger partial charge in [0.05, 0.1) is 7.11 Å². The maximum absolute atomic E-state index is 12.8. The van der Waals surface area contributed by atoms with Gasteiger partial charge in [-0.2, -0.15) is 0 Å². The number of H-pyrrole nitrogens is 1. The molecule has 0 aliphatic carbocycles. The van der Waals surface area contributed by atoms with Crippen LogP contribution in [-0.2, 0) is 4.79 Å². The van der Waals surface area contributed by atoms with Crippen molar-refractivity contribution in [3.63, 3.8) is 0 Å². The monoisotopic (exact) mass is 406 g/mol. The minimum Gasteiger partial charge on any atom is -0.497 e. The van der Waals surface area contributed by atoms with Gasteiger partial charge in [0, 0.05) is 42.8 Å². The van der Waals surface area contributed by atoms with Gasteiger partial charge in [-0.25, -0.2) is 0 Å². The molecule has 0 saturated carbocycles. The van der Waals surface area contributed by atoms with E-state index in [1.54, 1.807) is 20.1 Å². The smallest absolute Gasteiger partial charge is 0.268 e. The van der Waals surface area contributed by atoms with Gasteiger partial charge in [0.2, 0.25) is 5.91 Å². The van der Waals surface area contributed by atoms with Gasteiger partial charge in [-0.05, 0) is 43.3 Å². The number of aromatic amines is 1. The van der Waals surface area contributed by atoms with E-state index < -0.39 is 6.04 Å². The van der Waals surface area contributed by atoms with Gasteiger partial charge in [-0.1, -0.05) is 18.2 Å². The fourth-order valence-corrected chi connectivity index (χ4v) is 3.78. The molecule has 1 aliphatic heterocycles. The molecule has 0 bridgehead atoms. The van der Waals surface area contributed by atoms with Crippen LogP contribution >= 0.6 is 0 Å². The van der Waals surface area contributed by atoms with Gasteiger partial charge < -0.3 is 24.8 Å². The van der Waals surface area contributed by atoms with Crippen LogP contribution in [-0.4, -0.2) is 61.0 Å². The number of para-hydroxylation sites is 1. The highest BCUT2D eigenvalue weighted by molar-refractivity contribution is 6.00. The average Bonchev–Trinajstić information content (AvgIpc) is 3.23. The number of hydrogen-bond donors (Lipinski definition) is 2. The number of hydrogen-bond acceptors (Lipinski definition) is 4. The first kappa shape index (κ1) is 19.8. The van der Waals surface area contributed by atoms with Gasteiger partial charge in [0.1, 0.15) is 17.5 Å². The quantitative estimate of drug-likeness (QED) is 0.683. The molecule has 2 aromatic carbocycles. The third-order valence-corrected chi connectivity index (χ3v) is 5.52. The lowest BCUT2D eigenvalue weighted by Crippen LogP contribution is -2.54. The van der Waals surface area contributed by atoms with Crippen molar-refractivity contribution in [2.24, 2.45) is 0 Å². The fourth-order valence-electron chi connectivity index (χ4n) is 3.78. The molecular formula is C23H26N4O3. The first-order valence-corrected chi connectivity index (χ1v) is 10.1. The van der Waals surface area contributed by atoms with E-state index in [1.165, 1.54) is 0 Å². The number of anilines is 1. The molecule has 0 radical (unpaired) electrons. The number of nitrogens with one attached hydrogen (secondary N) is 2. The van der Waals surface area contributed by atoms with Gasteiger partial charge >= 0.3 is 0 Å². The van der Waals surface area contributed by atoms with Crippen LogP contribution < -0.4 is 15.0 Å². The molecule has 0 spiro atoms. The number of aromatic nitrogens is 1. The van der Waals surface area contributed by atoms with E-state index in [0.29, 0.717) is 18.8 Å².